The summed E-state index contributed by atoms with van der Waals surface area (Å²) in [7, 11) is 0. The fourth-order valence-electron chi connectivity index (χ4n) is 2.40. The third-order valence-electron chi connectivity index (χ3n) is 3.84. The van der Waals surface area contributed by atoms with E-state index in [2.05, 4.69) is 0 Å². The largest absolute Gasteiger partial charge is 0.461 e. The first-order valence-corrected chi connectivity index (χ1v) is 6.88. The summed E-state index contributed by atoms with van der Waals surface area (Å²) in [6.07, 6.45) is 2.13. The smallest absolute Gasteiger partial charge is 0.420 e. The van der Waals surface area contributed by atoms with Gasteiger partial charge in [-0.15, -0.1) is 0 Å². The van der Waals surface area contributed by atoms with E-state index in [1.807, 2.05) is 6.92 Å². The van der Waals surface area contributed by atoms with Crippen LogP contribution < -0.4 is 5.76 Å². The van der Waals surface area contributed by atoms with E-state index in [-0.39, 0.29) is 6.10 Å². The summed E-state index contributed by atoms with van der Waals surface area (Å²) in [6, 6.07) is 6.37. The van der Waals surface area contributed by atoms with Gasteiger partial charge in [0.05, 0.1) is 5.52 Å². The number of carbonyl (C=O) groups is 1. The fourth-order valence-corrected chi connectivity index (χ4v) is 2.40. The summed E-state index contributed by atoms with van der Waals surface area (Å²) in [5.74, 6) is -0.447. The topological polar surface area (TPSA) is 61.4 Å². The van der Waals surface area contributed by atoms with Gasteiger partial charge in [0.1, 0.15) is 12.1 Å². The number of ether oxygens (including phenoxy) is 1. The number of esters is 1. The van der Waals surface area contributed by atoms with E-state index < -0.39 is 17.8 Å². The van der Waals surface area contributed by atoms with Crippen molar-refractivity contribution in [2.75, 3.05) is 0 Å². The average molecular weight is 275 g/mol. The number of hydrogen-bond donors (Lipinski definition) is 0. The van der Waals surface area contributed by atoms with Crippen molar-refractivity contribution in [2.24, 2.45) is 5.92 Å². The van der Waals surface area contributed by atoms with E-state index in [0.717, 1.165) is 12.8 Å². The second kappa shape index (κ2) is 4.81. The van der Waals surface area contributed by atoms with Crippen LogP contribution in [0.1, 0.15) is 32.7 Å². The molecular weight excluding hydrogens is 258 g/mol. The standard InChI is InChI=1S/C15H17NO4/c1-9(14(17)19-10(2)11-7-8-11)16-12-5-3-4-6-13(12)20-15(16)18/h3-6,9-11H,7-8H2,1-2H3/t9-,10-/m1/s1. The van der Waals surface area contributed by atoms with Gasteiger partial charge in [0, 0.05) is 0 Å². The molecule has 1 heterocycles. The zero-order chi connectivity index (χ0) is 14.3. The van der Waals surface area contributed by atoms with Crippen molar-refractivity contribution in [3.63, 3.8) is 0 Å². The highest BCUT2D eigenvalue weighted by Crippen LogP contribution is 2.34. The van der Waals surface area contributed by atoms with E-state index >= 15 is 0 Å². The van der Waals surface area contributed by atoms with Gasteiger partial charge in [0.15, 0.2) is 5.58 Å². The molecule has 0 saturated heterocycles. The third-order valence-corrected chi connectivity index (χ3v) is 3.84. The second-order valence-corrected chi connectivity index (χ2v) is 5.36. The third kappa shape index (κ3) is 2.24. The molecule has 1 fully saturated rings. The van der Waals surface area contributed by atoms with Crippen molar-refractivity contribution < 1.29 is 13.9 Å². The quantitative estimate of drug-likeness (QED) is 0.804. The van der Waals surface area contributed by atoms with Gasteiger partial charge in [-0.2, -0.15) is 0 Å². The van der Waals surface area contributed by atoms with Crippen molar-refractivity contribution in [1.29, 1.82) is 0 Å². The Morgan fingerprint density at radius 1 is 1.35 bits per heavy atom. The highest BCUT2D eigenvalue weighted by molar-refractivity contribution is 5.79. The van der Waals surface area contributed by atoms with Crippen LogP contribution in [0.3, 0.4) is 0 Å². The lowest BCUT2D eigenvalue weighted by Crippen LogP contribution is -2.29. The molecule has 106 valence electrons. The Hall–Kier alpha value is -2.04. The van der Waals surface area contributed by atoms with Crippen LogP contribution in [0.4, 0.5) is 0 Å². The van der Waals surface area contributed by atoms with E-state index in [1.165, 1.54) is 4.57 Å². The fraction of sp³-hybridized carbons (Fsp3) is 0.467. The van der Waals surface area contributed by atoms with Gasteiger partial charge >= 0.3 is 11.7 Å². The average Bonchev–Trinajstić information content (AvgIpc) is 3.20. The molecule has 0 amide bonds. The molecule has 0 aliphatic heterocycles. The predicted octanol–water partition coefficient (Wildman–Crippen LogP) is 2.50. The number of aromatic nitrogens is 1. The van der Waals surface area contributed by atoms with Crippen LogP contribution in [0.25, 0.3) is 11.1 Å². The lowest BCUT2D eigenvalue weighted by Gasteiger charge is -2.16. The molecule has 0 spiro atoms. The molecule has 1 aliphatic rings. The maximum absolute atomic E-state index is 12.2. The molecule has 5 nitrogen and oxygen atoms in total. The molecule has 0 radical (unpaired) electrons. The number of rotatable bonds is 4. The highest BCUT2D eigenvalue weighted by atomic mass is 16.5. The molecule has 0 N–H and O–H groups in total. The van der Waals surface area contributed by atoms with Crippen LogP contribution >= 0.6 is 0 Å². The van der Waals surface area contributed by atoms with Crippen LogP contribution in [-0.2, 0) is 9.53 Å². The molecule has 3 rings (SSSR count). The monoisotopic (exact) mass is 275 g/mol. The Kier molecular flexibility index (Phi) is 3.12. The number of benzene rings is 1. The van der Waals surface area contributed by atoms with Crippen LogP contribution in [-0.4, -0.2) is 16.6 Å². The van der Waals surface area contributed by atoms with Crippen LogP contribution in [0.5, 0.6) is 0 Å². The van der Waals surface area contributed by atoms with Crippen molar-refractivity contribution in [3.05, 3.63) is 34.8 Å². The Bertz CT molecular complexity index is 695. The maximum atomic E-state index is 12.2. The van der Waals surface area contributed by atoms with E-state index in [9.17, 15) is 9.59 Å². The van der Waals surface area contributed by atoms with E-state index in [0.29, 0.717) is 17.0 Å². The van der Waals surface area contributed by atoms with Crippen molar-refractivity contribution in [2.45, 2.75) is 38.8 Å². The van der Waals surface area contributed by atoms with Crippen LogP contribution in [0, 0.1) is 5.92 Å². The summed E-state index contributed by atoms with van der Waals surface area (Å²) >= 11 is 0. The maximum Gasteiger partial charge on any atom is 0.420 e. The van der Waals surface area contributed by atoms with Crippen LogP contribution in [0.2, 0.25) is 0 Å². The molecule has 0 bridgehead atoms. The predicted molar refractivity (Wildman–Crippen MR) is 73.5 cm³/mol. The van der Waals surface area contributed by atoms with Gasteiger partial charge in [-0.25, -0.2) is 9.59 Å². The number of hydrogen-bond acceptors (Lipinski definition) is 4. The minimum absolute atomic E-state index is 0.0844. The SMILES string of the molecule is C[C@H](C(=O)O[C@H](C)C1CC1)n1c(=O)oc2ccccc21. The molecule has 1 aliphatic carbocycles. The number of nitrogens with zero attached hydrogens (tertiary/aromatic N) is 1. The molecule has 0 unspecified atom stereocenters. The van der Waals surface area contributed by atoms with Crippen molar-refractivity contribution in [3.8, 4) is 0 Å². The first kappa shape index (κ1) is 13.0. The molecule has 1 aromatic carbocycles. The van der Waals surface area contributed by atoms with E-state index in [1.54, 1.807) is 31.2 Å². The van der Waals surface area contributed by atoms with E-state index in [4.69, 9.17) is 9.15 Å². The van der Waals surface area contributed by atoms with Gasteiger partial charge in [0.2, 0.25) is 0 Å². The zero-order valence-electron chi connectivity index (χ0n) is 11.5. The molecule has 5 heteroatoms. The molecule has 1 aromatic heterocycles. The first-order chi connectivity index (χ1) is 9.58. The van der Waals surface area contributed by atoms with Gasteiger partial charge in [0.25, 0.3) is 0 Å². The highest BCUT2D eigenvalue weighted by Gasteiger charge is 2.32. The number of carbonyl (C=O) groups excluding carboxylic acids is 1. The lowest BCUT2D eigenvalue weighted by molar-refractivity contribution is -0.152. The normalized spacial score (nSPS) is 17.9. The molecular formula is C15H17NO4. The molecule has 2 aromatic rings. The minimum atomic E-state index is -0.688. The summed E-state index contributed by atoms with van der Waals surface area (Å²) in [5.41, 5.74) is 1.09. The summed E-state index contributed by atoms with van der Waals surface area (Å²) in [4.78, 5) is 24.1. The zero-order valence-corrected chi connectivity index (χ0v) is 11.5. The molecule has 20 heavy (non-hydrogen) atoms. The Morgan fingerprint density at radius 3 is 2.75 bits per heavy atom. The molecule has 2 atom stereocenters. The second-order valence-electron chi connectivity index (χ2n) is 5.36. The minimum Gasteiger partial charge on any atom is -0.461 e. The Morgan fingerprint density at radius 2 is 2.05 bits per heavy atom. The van der Waals surface area contributed by atoms with Gasteiger partial charge in [-0.05, 0) is 44.7 Å². The van der Waals surface area contributed by atoms with Crippen molar-refractivity contribution in [1.82, 2.24) is 4.57 Å². The van der Waals surface area contributed by atoms with Gasteiger partial charge < -0.3 is 9.15 Å². The van der Waals surface area contributed by atoms with Crippen molar-refractivity contribution >= 4 is 17.1 Å². The summed E-state index contributed by atoms with van der Waals surface area (Å²) < 4.78 is 11.9. The lowest BCUT2D eigenvalue weighted by atomic mass is 10.2. The number of para-hydroxylation sites is 2. The number of fused-ring (bicyclic) bond motifs is 1. The van der Waals surface area contributed by atoms with Gasteiger partial charge in [-0.3, -0.25) is 4.57 Å². The number of oxazole rings is 1. The van der Waals surface area contributed by atoms with Crippen LogP contribution in [0.15, 0.2) is 33.5 Å². The van der Waals surface area contributed by atoms with Gasteiger partial charge in [-0.1, -0.05) is 12.1 Å². The first-order valence-electron chi connectivity index (χ1n) is 6.88. The summed E-state index contributed by atoms with van der Waals surface area (Å²) in [6.45, 7) is 3.56. The molecule has 1 saturated carbocycles. The Balaban J connectivity index is 1.87. The summed E-state index contributed by atoms with van der Waals surface area (Å²) in [5, 5.41) is 0. The Labute approximate surface area is 116 Å².